The maximum Gasteiger partial charge on any atom is 0.162 e. The highest BCUT2D eigenvalue weighted by Crippen LogP contribution is 2.22. The number of halogens is 2. The zero-order valence-corrected chi connectivity index (χ0v) is 13.0. The van der Waals surface area contributed by atoms with Crippen molar-refractivity contribution >= 4 is 17.4 Å². The van der Waals surface area contributed by atoms with Crippen LogP contribution >= 0.6 is 11.6 Å². The molecule has 1 aliphatic rings. The minimum atomic E-state index is -0.351. The van der Waals surface area contributed by atoms with E-state index in [1.807, 2.05) is 26.0 Å². The smallest absolute Gasteiger partial charge is 0.162 e. The molecule has 2 rings (SSSR count). The summed E-state index contributed by atoms with van der Waals surface area (Å²) in [5, 5.41) is 0. The fourth-order valence-electron chi connectivity index (χ4n) is 2.32. The van der Waals surface area contributed by atoms with Gasteiger partial charge in [0, 0.05) is 12.3 Å². The Labute approximate surface area is 129 Å². The number of aryl methyl sites for hydroxylation is 1. The Morgan fingerprint density at radius 2 is 2.19 bits per heavy atom. The maximum atomic E-state index is 13.9. The molecule has 0 aromatic heterocycles. The van der Waals surface area contributed by atoms with Crippen LogP contribution in [0.4, 0.5) is 4.39 Å². The standard InChI is InChI=1S/C16H20ClFN2O/c1-3-11-5-4-6-13(18)12(11)7-8-21-14-9-10(2)15(17)20-16(14)19/h4-6,9-10,15H,3,7-8H2,1-2H3,(H2,19,20). The Morgan fingerprint density at radius 1 is 1.43 bits per heavy atom. The molecule has 2 unspecified atom stereocenters. The SMILES string of the molecule is CCc1cccc(F)c1CCOC1=CC(C)C(Cl)N=C1N. The average molecular weight is 311 g/mol. The molecule has 21 heavy (non-hydrogen) atoms. The van der Waals surface area contributed by atoms with Crippen molar-refractivity contribution in [2.45, 2.75) is 32.2 Å². The quantitative estimate of drug-likeness (QED) is 0.669. The third kappa shape index (κ3) is 3.76. The van der Waals surface area contributed by atoms with E-state index in [-0.39, 0.29) is 17.2 Å². The predicted molar refractivity (Wildman–Crippen MR) is 83.9 cm³/mol. The molecule has 3 nitrogen and oxygen atoms in total. The summed E-state index contributed by atoms with van der Waals surface area (Å²) in [7, 11) is 0. The van der Waals surface area contributed by atoms with Crippen LogP contribution in [0.5, 0.6) is 0 Å². The number of amidine groups is 1. The highest BCUT2D eigenvalue weighted by molar-refractivity contribution is 6.22. The number of alkyl halides is 1. The fourth-order valence-corrected chi connectivity index (χ4v) is 2.50. The van der Waals surface area contributed by atoms with Crippen LogP contribution in [0.2, 0.25) is 0 Å². The van der Waals surface area contributed by atoms with Crippen LogP contribution in [0.1, 0.15) is 25.0 Å². The summed E-state index contributed by atoms with van der Waals surface area (Å²) in [5.41, 5.74) is 7.15. The molecule has 5 heteroatoms. The van der Waals surface area contributed by atoms with E-state index in [4.69, 9.17) is 22.1 Å². The van der Waals surface area contributed by atoms with Crippen molar-refractivity contribution in [2.75, 3.05) is 6.61 Å². The predicted octanol–water partition coefficient (Wildman–Crippen LogP) is 3.40. The van der Waals surface area contributed by atoms with Gasteiger partial charge in [-0.25, -0.2) is 9.38 Å². The molecule has 0 radical (unpaired) electrons. The lowest BCUT2D eigenvalue weighted by Crippen LogP contribution is -2.26. The molecule has 1 aromatic rings. The van der Waals surface area contributed by atoms with Gasteiger partial charge in [-0.15, -0.1) is 0 Å². The first kappa shape index (κ1) is 15.8. The van der Waals surface area contributed by atoms with E-state index >= 15 is 0 Å². The van der Waals surface area contributed by atoms with Crippen LogP contribution in [0.15, 0.2) is 35.0 Å². The van der Waals surface area contributed by atoms with Gasteiger partial charge < -0.3 is 10.5 Å². The third-order valence-electron chi connectivity index (χ3n) is 3.57. The van der Waals surface area contributed by atoms with Gasteiger partial charge in [-0.3, -0.25) is 0 Å². The topological polar surface area (TPSA) is 47.6 Å². The second-order valence-corrected chi connectivity index (χ2v) is 5.55. The Kier molecular flexibility index (Phi) is 5.23. The number of dihydropyridines is 1. The number of nitrogens with two attached hydrogens (primary N) is 1. The molecule has 0 aliphatic carbocycles. The molecule has 0 bridgehead atoms. The lowest BCUT2D eigenvalue weighted by molar-refractivity contribution is 0.228. The molecule has 0 saturated carbocycles. The number of hydrogen-bond donors (Lipinski definition) is 1. The first-order valence-corrected chi connectivity index (χ1v) is 7.55. The van der Waals surface area contributed by atoms with Crippen LogP contribution in [0.3, 0.4) is 0 Å². The third-order valence-corrected chi connectivity index (χ3v) is 4.06. The Hall–Kier alpha value is -1.55. The number of aliphatic imine (C=N–C) groups is 1. The van der Waals surface area contributed by atoms with E-state index in [1.54, 1.807) is 6.07 Å². The minimum Gasteiger partial charge on any atom is -0.490 e. The molecule has 0 saturated heterocycles. The van der Waals surface area contributed by atoms with Gasteiger partial charge in [0.1, 0.15) is 11.3 Å². The molecular weight excluding hydrogens is 291 g/mol. The molecule has 0 amide bonds. The van der Waals surface area contributed by atoms with Gasteiger partial charge >= 0.3 is 0 Å². The van der Waals surface area contributed by atoms with Crippen LogP contribution in [-0.4, -0.2) is 17.9 Å². The summed E-state index contributed by atoms with van der Waals surface area (Å²) in [6.07, 6.45) is 3.16. The van der Waals surface area contributed by atoms with Gasteiger partial charge in [-0.2, -0.15) is 0 Å². The van der Waals surface area contributed by atoms with E-state index in [0.717, 1.165) is 12.0 Å². The average Bonchev–Trinajstić information content (AvgIpc) is 2.45. The first-order chi connectivity index (χ1) is 10.0. The Morgan fingerprint density at radius 3 is 2.90 bits per heavy atom. The zero-order valence-electron chi connectivity index (χ0n) is 12.3. The van der Waals surface area contributed by atoms with E-state index in [2.05, 4.69) is 4.99 Å². The number of benzene rings is 1. The highest BCUT2D eigenvalue weighted by atomic mass is 35.5. The molecule has 2 N–H and O–H groups in total. The minimum absolute atomic E-state index is 0.0635. The number of ether oxygens (including phenoxy) is 1. The summed E-state index contributed by atoms with van der Waals surface area (Å²) < 4.78 is 19.5. The van der Waals surface area contributed by atoms with Crippen LogP contribution in [-0.2, 0) is 17.6 Å². The summed E-state index contributed by atoms with van der Waals surface area (Å²) in [6.45, 7) is 4.31. The highest BCUT2D eigenvalue weighted by Gasteiger charge is 2.20. The van der Waals surface area contributed by atoms with E-state index < -0.39 is 0 Å². The van der Waals surface area contributed by atoms with Crippen LogP contribution in [0, 0.1) is 11.7 Å². The van der Waals surface area contributed by atoms with Crippen molar-refractivity contribution in [3.8, 4) is 0 Å². The normalized spacial score (nSPS) is 21.7. The van der Waals surface area contributed by atoms with Crippen molar-refractivity contribution in [3.05, 3.63) is 47.0 Å². The van der Waals surface area contributed by atoms with E-state index in [1.165, 1.54) is 6.07 Å². The first-order valence-electron chi connectivity index (χ1n) is 7.11. The lowest BCUT2D eigenvalue weighted by Gasteiger charge is -2.20. The summed E-state index contributed by atoms with van der Waals surface area (Å²) in [4.78, 5) is 4.11. The van der Waals surface area contributed by atoms with Crippen molar-refractivity contribution in [3.63, 3.8) is 0 Å². The summed E-state index contributed by atoms with van der Waals surface area (Å²) >= 11 is 6.00. The van der Waals surface area contributed by atoms with Crippen molar-refractivity contribution < 1.29 is 9.13 Å². The van der Waals surface area contributed by atoms with Crippen LogP contribution in [0.25, 0.3) is 0 Å². The van der Waals surface area contributed by atoms with Gasteiger partial charge in [0.2, 0.25) is 0 Å². The molecule has 2 atom stereocenters. The zero-order chi connectivity index (χ0) is 15.4. The Balaban J connectivity index is 2.00. The molecule has 1 aliphatic heterocycles. The second kappa shape index (κ2) is 6.94. The number of nitrogens with zero attached hydrogens (tertiary/aromatic N) is 1. The van der Waals surface area contributed by atoms with Crippen molar-refractivity contribution in [2.24, 2.45) is 16.6 Å². The second-order valence-electron chi connectivity index (χ2n) is 5.11. The molecular formula is C16H20ClFN2O. The van der Waals surface area contributed by atoms with Gasteiger partial charge in [-0.05, 0) is 29.7 Å². The maximum absolute atomic E-state index is 13.9. The number of hydrogen-bond acceptors (Lipinski definition) is 3. The van der Waals surface area contributed by atoms with Gasteiger partial charge in [-0.1, -0.05) is 37.6 Å². The molecule has 114 valence electrons. The van der Waals surface area contributed by atoms with Crippen LogP contribution < -0.4 is 5.73 Å². The monoisotopic (exact) mass is 310 g/mol. The van der Waals surface area contributed by atoms with Gasteiger partial charge in [0.05, 0.1) is 6.61 Å². The molecule has 1 aromatic carbocycles. The Bertz CT molecular complexity index is 571. The van der Waals surface area contributed by atoms with Gasteiger partial charge in [0.25, 0.3) is 0 Å². The molecule has 0 spiro atoms. The summed E-state index contributed by atoms with van der Waals surface area (Å²) in [6, 6.07) is 5.15. The molecule has 0 fully saturated rings. The van der Waals surface area contributed by atoms with Crippen molar-refractivity contribution in [1.29, 1.82) is 0 Å². The largest absolute Gasteiger partial charge is 0.490 e. The lowest BCUT2D eigenvalue weighted by atomic mass is 10.0. The number of rotatable bonds is 5. The van der Waals surface area contributed by atoms with Crippen molar-refractivity contribution in [1.82, 2.24) is 0 Å². The van der Waals surface area contributed by atoms with E-state index in [0.29, 0.717) is 30.2 Å². The van der Waals surface area contributed by atoms with Gasteiger partial charge in [0.15, 0.2) is 11.6 Å². The molecule has 1 heterocycles. The van der Waals surface area contributed by atoms with E-state index in [9.17, 15) is 4.39 Å². The fraction of sp³-hybridized carbons (Fsp3) is 0.438. The summed E-state index contributed by atoms with van der Waals surface area (Å²) in [5.74, 6) is 0.714.